The van der Waals surface area contributed by atoms with E-state index < -0.39 is 0 Å². The molecule has 0 saturated heterocycles. The number of rotatable bonds is 3. The molecule has 3 nitrogen and oxygen atoms in total. The Balaban J connectivity index is 2.38. The Morgan fingerprint density at radius 3 is 3.33 bits per heavy atom. The zero-order valence-corrected chi connectivity index (χ0v) is 5.35. The van der Waals surface area contributed by atoms with Gasteiger partial charge in [-0.15, -0.1) is 0 Å². The molecule has 1 rings (SSSR count). The van der Waals surface area contributed by atoms with Gasteiger partial charge in [-0.2, -0.15) is 4.37 Å². The summed E-state index contributed by atoms with van der Waals surface area (Å²) in [4.78, 5) is 9.53. The largest absolute Gasteiger partial charge is 0.451 e. The SMILES string of the molecule is O=[C]OCc1ccsn1. The molecule has 4 heteroatoms. The summed E-state index contributed by atoms with van der Waals surface area (Å²) in [5, 5.41) is 1.82. The molecule has 0 fully saturated rings. The van der Waals surface area contributed by atoms with E-state index in [1.165, 1.54) is 18.0 Å². The molecule has 0 amide bonds. The molecule has 0 aromatic carbocycles. The Morgan fingerprint density at radius 2 is 2.78 bits per heavy atom. The van der Waals surface area contributed by atoms with Crippen LogP contribution < -0.4 is 0 Å². The minimum absolute atomic E-state index is 0.229. The third-order valence-corrected chi connectivity index (χ3v) is 1.37. The molecule has 1 aromatic heterocycles. The second-order valence-electron chi connectivity index (χ2n) is 1.36. The third kappa shape index (κ3) is 1.81. The molecule has 0 unspecified atom stereocenters. The Kier molecular flexibility index (Phi) is 2.21. The minimum atomic E-state index is 0.229. The highest BCUT2D eigenvalue weighted by molar-refractivity contribution is 7.03. The summed E-state index contributed by atoms with van der Waals surface area (Å²) in [5.74, 6) is 0. The van der Waals surface area contributed by atoms with E-state index in [1.54, 1.807) is 6.07 Å². The lowest BCUT2D eigenvalue weighted by molar-refractivity contribution is 0.264. The van der Waals surface area contributed by atoms with Crippen LogP contribution in [-0.4, -0.2) is 10.8 Å². The molecule has 0 bridgehead atoms. The van der Waals surface area contributed by atoms with Crippen LogP contribution in [0.4, 0.5) is 0 Å². The standard InChI is InChI=1S/C5H4NO2S/c7-4-8-3-5-1-2-9-6-5/h1-2H,3H2. The van der Waals surface area contributed by atoms with E-state index >= 15 is 0 Å². The van der Waals surface area contributed by atoms with Crippen molar-refractivity contribution in [1.82, 2.24) is 4.37 Å². The first-order chi connectivity index (χ1) is 4.43. The lowest BCUT2D eigenvalue weighted by Crippen LogP contribution is -1.88. The van der Waals surface area contributed by atoms with Crippen molar-refractivity contribution in [1.29, 1.82) is 0 Å². The number of nitrogens with zero attached hydrogens (tertiary/aromatic N) is 1. The van der Waals surface area contributed by atoms with Gasteiger partial charge in [0.15, 0.2) is 0 Å². The van der Waals surface area contributed by atoms with Crippen molar-refractivity contribution < 1.29 is 9.53 Å². The highest BCUT2D eigenvalue weighted by atomic mass is 32.1. The second kappa shape index (κ2) is 3.19. The number of ether oxygens (including phenoxy) is 1. The molecule has 0 spiro atoms. The molecule has 9 heavy (non-hydrogen) atoms. The van der Waals surface area contributed by atoms with Crippen LogP contribution in [-0.2, 0) is 16.1 Å². The molecule has 0 atom stereocenters. The maximum absolute atomic E-state index is 9.53. The van der Waals surface area contributed by atoms with Gasteiger partial charge in [-0.3, -0.25) is 0 Å². The average Bonchev–Trinajstić information content (AvgIpc) is 2.34. The Hall–Kier alpha value is -0.900. The summed E-state index contributed by atoms with van der Waals surface area (Å²) in [6.07, 6.45) is 0. The van der Waals surface area contributed by atoms with Crippen LogP contribution in [0.1, 0.15) is 5.69 Å². The normalized spacial score (nSPS) is 8.89. The van der Waals surface area contributed by atoms with Gasteiger partial charge in [0.05, 0.1) is 5.69 Å². The fourth-order valence-electron chi connectivity index (χ4n) is 0.415. The van der Waals surface area contributed by atoms with Crippen LogP contribution in [0, 0.1) is 0 Å². The van der Waals surface area contributed by atoms with Crippen molar-refractivity contribution in [2.24, 2.45) is 0 Å². The molecule has 0 aliphatic rings. The number of aromatic nitrogens is 1. The molecule has 1 heterocycles. The zero-order chi connectivity index (χ0) is 6.53. The number of hydrogen-bond acceptors (Lipinski definition) is 4. The summed E-state index contributed by atoms with van der Waals surface area (Å²) >= 11 is 1.33. The molecule has 0 aliphatic carbocycles. The van der Waals surface area contributed by atoms with E-state index in [9.17, 15) is 4.79 Å². The molecule has 0 aliphatic heterocycles. The summed E-state index contributed by atoms with van der Waals surface area (Å²) < 4.78 is 8.21. The maximum Gasteiger partial charge on any atom is 0.417 e. The van der Waals surface area contributed by atoms with E-state index in [-0.39, 0.29) is 6.61 Å². The molecule has 0 saturated carbocycles. The Morgan fingerprint density at radius 1 is 1.89 bits per heavy atom. The van der Waals surface area contributed by atoms with Crippen LogP contribution in [0.5, 0.6) is 0 Å². The Labute approximate surface area is 56.4 Å². The fourth-order valence-corrected chi connectivity index (χ4v) is 0.943. The topological polar surface area (TPSA) is 39.2 Å². The second-order valence-corrected chi connectivity index (χ2v) is 2.03. The quantitative estimate of drug-likeness (QED) is 0.624. The van der Waals surface area contributed by atoms with Crippen molar-refractivity contribution >= 4 is 18.0 Å². The zero-order valence-electron chi connectivity index (χ0n) is 4.53. The first-order valence-corrected chi connectivity index (χ1v) is 3.15. The third-order valence-electron chi connectivity index (χ3n) is 0.770. The van der Waals surface area contributed by atoms with Crippen LogP contribution >= 0.6 is 11.5 Å². The van der Waals surface area contributed by atoms with E-state index in [4.69, 9.17) is 0 Å². The molecular weight excluding hydrogens is 138 g/mol. The van der Waals surface area contributed by atoms with Crippen molar-refractivity contribution in [2.45, 2.75) is 6.61 Å². The van der Waals surface area contributed by atoms with Gasteiger partial charge < -0.3 is 4.74 Å². The summed E-state index contributed by atoms with van der Waals surface area (Å²) in [7, 11) is 0. The minimum Gasteiger partial charge on any atom is -0.451 e. The van der Waals surface area contributed by atoms with Crippen LogP contribution in [0.25, 0.3) is 0 Å². The van der Waals surface area contributed by atoms with E-state index in [0.717, 1.165) is 5.69 Å². The van der Waals surface area contributed by atoms with Crippen molar-refractivity contribution in [2.75, 3.05) is 0 Å². The summed E-state index contributed by atoms with van der Waals surface area (Å²) in [6, 6.07) is 1.79. The highest BCUT2D eigenvalue weighted by Gasteiger charge is 1.92. The molecule has 47 valence electrons. The first kappa shape index (κ1) is 6.22. The fraction of sp³-hybridized carbons (Fsp3) is 0.200. The van der Waals surface area contributed by atoms with E-state index in [1.807, 2.05) is 5.38 Å². The average molecular weight is 142 g/mol. The van der Waals surface area contributed by atoms with Gasteiger partial charge >= 0.3 is 6.47 Å². The number of hydrogen-bond donors (Lipinski definition) is 0. The number of carbonyl (C=O) groups excluding carboxylic acids is 1. The van der Waals surface area contributed by atoms with Gasteiger partial charge in [0, 0.05) is 5.38 Å². The first-order valence-electron chi connectivity index (χ1n) is 2.31. The van der Waals surface area contributed by atoms with Crippen molar-refractivity contribution in [3.8, 4) is 0 Å². The van der Waals surface area contributed by atoms with E-state index in [2.05, 4.69) is 9.11 Å². The van der Waals surface area contributed by atoms with Gasteiger partial charge in [-0.25, -0.2) is 4.79 Å². The lowest BCUT2D eigenvalue weighted by Gasteiger charge is -1.87. The van der Waals surface area contributed by atoms with Gasteiger partial charge in [0.1, 0.15) is 6.61 Å². The van der Waals surface area contributed by atoms with Gasteiger partial charge in [-0.05, 0) is 17.6 Å². The van der Waals surface area contributed by atoms with Crippen LogP contribution in [0.3, 0.4) is 0 Å². The lowest BCUT2D eigenvalue weighted by atomic mass is 10.5. The molecular formula is C5H4NO2S. The van der Waals surface area contributed by atoms with Crippen LogP contribution in [0.15, 0.2) is 11.4 Å². The predicted molar refractivity (Wildman–Crippen MR) is 32.6 cm³/mol. The summed E-state index contributed by atoms with van der Waals surface area (Å²) in [6.45, 7) is 1.55. The van der Waals surface area contributed by atoms with Crippen LogP contribution in [0.2, 0.25) is 0 Å². The maximum atomic E-state index is 9.53. The van der Waals surface area contributed by atoms with E-state index in [0.29, 0.717) is 0 Å². The highest BCUT2D eigenvalue weighted by Crippen LogP contribution is 1.99. The predicted octanol–water partition coefficient (Wildman–Crippen LogP) is 0.727. The summed E-state index contributed by atoms with van der Waals surface area (Å²) in [5.41, 5.74) is 0.767. The van der Waals surface area contributed by atoms with Gasteiger partial charge in [0.25, 0.3) is 0 Å². The smallest absolute Gasteiger partial charge is 0.417 e. The molecule has 1 aromatic rings. The van der Waals surface area contributed by atoms with Gasteiger partial charge in [0.2, 0.25) is 0 Å². The Bertz CT molecular complexity index is 173. The molecule has 0 N–H and O–H groups in total. The molecule has 1 radical (unpaired) electrons. The monoisotopic (exact) mass is 142 g/mol. The van der Waals surface area contributed by atoms with Gasteiger partial charge in [-0.1, -0.05) is 0 Å². The van der Waals surface area contributed by atoms with Crippen molar-refractivity contribution in [3.63, 3.8) is 0 Å². The van der Waals surface area contributed by atoms with Crippen molar-refractivity contribution in [3.05, 3.63) is 17.1 Å².